The minimum atomic E-state index is -3.58. The summed E-state index contributed by atoms with van der Waals surface area (Å²) in [6, 6.07) is 4.66. The molecular formula is C21H35N3O3S. The van der Waals surface area contributed by atoms with Gasteiger partial charge in [-0.2, -0.15) is 0 Å². The largest absolute Gasteiger partial charge is 0.354 e. The van der Waals surface area contributed by atoms with Gasteiger partial charge in [-0.3, -0.25) is 9.10 Å². The number of benzene rings is 1. The monoisotopic (exact) mass is 409 g/mol. The van der Waals surface area contributed by atoms with Crippen LogP contribution in [0.1, 0.15) is 50.2 Å². The van der Waals surface area contributed by atoms with Crippen molar-refractivity contribution in [1.82, 2.24) is 10.2 Å². The highest BCUT2D eigenvalue weighted by Gasteiger charge is 2.29. The first-order valence-corrected chi connectivity index (χ1v) is 12.1. The summed E-state index contributed by atoms with van der Waals surface area (Å²) < 4.78 is 26.0. The van der Waals surface area contributed by atoms with Crippen LogP contribution in [-0.4, -0.2) is 57.7 Å². The molecule has 1 fully saturated rings. The maximum atomic E-state index is 12.6. The van der Waals surface area contributed by atoms with Gasteiger partial charge >= 0.3 is 0 Å². The molecule has 1 atom stereocenters. The van der Waals surface area contributed by atoms with Gasteiger partial charge in [-0.1, -0.05) is 18.9 Å². The molecule has 2 rings (SSSR count). The summed E-state index contributed by atoms with van der Waals surface area (Å²) in [7, 11) is -3.58. The number of sulfonamides is 1. The van der Waals surface area contributed by atoms with Crippen LogP contribution in [0.4, 0.5) is 5.69 Å². The first-order valence-electron chi connectivity index (χ1n) is 10.3. The molecular weight excluding hydrogens is 374 g/mol. The minimum Gasteiger partial charge on any atom is -0.354 e. The lowest BCUT2D eigenvalue weighted by molar-refractivity contribution is -0.121. The molecule has 1 N–H and O–H groups in total. The minimum absolute atomic E-state index is 0.264. The second-order valence-electron chi connectivity index (χ2n) is 7.90. The van der Waals surface area contributed by atoms with E-state index in [9.17, 15) is 13.2 Å². The van der Waals surface area contributed by atoms with Gasteiger partial charge in [-0.15, -0.1) is 0 Å². The van der Waals surface area contributed by atoms with Crippen LogP contribution in [0.25, 0.3) is 0 Å². The van der Waals surface area contributed by atoms with Crippen molar-refractivity contribution in [1.29, 1.82) is 0 Å². The molecule has 1 heterocycles. The number of carbonyl (C=O) groups excluding carboxylic acids is 1. The van der Waals surface area contributed by atoms with E-state index >= 15 is 0 Å². The molecule has 0 aliphatic carbocycles. The molecule has 1 amide bonds. The normalized spacial score (nSPS) is 17.0. The lowest BCUT2D eigenvalue weighted by Crippen LogP contribution is -2.48. The Labute approximate surface area is 170 Å². The summed E-state index contributed by atoms with van der Waals surface area (Å²) in [5, 5.41) is 2.91. The van der Waals surface area contributed by atoms with Crippen molar-refractivity contribution in [2.75, 3.05) is 36.7 Å². The van der Waals surface area contributed by atoms with E-state index in [1.165, 1.54) is 30.0 Å². The highest BCUT2D eigenvalue weighted by Crippen LogP contribution is 2.23. The van der Waals surface area contributed by atoms with Gasteiger partial charge in [0, 0.05) is 6.54 Å². The van der Waals surface area contributed by atoms with Gasteiger partial charge in [-0.25, -0.2) is 8.42 Å². The number of likely N-dealkylation sites (tertiary alicyclic amines) is 1. The molecule has 0 saturated carbocycles. The van der Waals surface area contributed by atoms with E-state index in [0.29, 0.717) is 12.2 Å². The van der Waals surface area contributed by atoms with E-state index in [-0.39, 0.29) is 5.91 Å². The van der Waals surface area contributed by atoms with Crippen LogP contribution in [0.3, 0.4) is 0 Å². The molecule has 1 aliphatic rings. The third-order valence-electron chi connectivity index (χ3n) is 5.48. The predicted octanol–water partition coefficient (Wildman–Crippen LogP) is 2.84. The Morgan fingerprint density at radius 2 is 1.79 bits per heavy atom. The van der Waals surface area contributed by atoms with Crippen molar-refractivity contribution in [2.24, 2.45) is 0 Å². The second kappa shape index (κ2) is 10.3. The summed E-state index contributed by atoms with van der Waals surface area (Å²) in [6.45, 7) is 9.36. The van der Waals surface area contributed by atoms with Crippen LogP contribution in [0.5, 0.6) is 0 Å². The summed E-state index contributed by atoms with van der Waals surface area (Å²) >= 11 is 0. The first-order chi connectivity index (χ1) is 13.2. The van der Waals surface area contributed by atoms with Gasteiger partial charge in [0.1, 0.15) is 6.04 Å². The van der Waals surface area contributed by atoms with Gasteiger partial charge < -0.3 is 10.2 Å². The van der Waals surface area contributed by atoms with Crippen molar-refractivity contribution in [3.8, 4) is 0 Å². The van der Waals surface area contributed by atoms with Gasteiger partial charge in [-0.05, 0) is 82.9 Å². The second-order valence-corrected chi connectivity index (χ2v) is 9.76. The average Bonchev–Trinajstić information content (AvgIpc) is 2.89. The molecule has 0 unspecified atom stereocenters. The Hall–Kier alpha value is -1.60. The van der Waals surface area contributed by atoms with Crippen molar-refractivity contribution in [3.63, 3.8) is 0 Å². The Balaban J connectivity index is 1.94. The van der Waals surface area contributed by atoms with E-state index in [4.69, 9.17) is 0 Å². The zero-order chi connectivity index (χ0) is 20.7. The van der Waals surface area contributed by atoms with Crippen LogP contribution >= 0.6 is 0 Å². The Morgan fingerprint density at radius 3 is 2.36 bits per heavy atom. The van der Waals surface area contributed by atoms with Gasteiger partial charge in [0.25, 0.3) is 0 Å². The lowest BCUT2D eigenvalue weighted by atomic mass is 10.1. The Morgan fingerprint density at radius 1 is 1.14 bits per heavy atom. The number of anilines is 1. The number of aryl methyl sites for hydroxylation is 2. The smallest absolute Gasteiger partial charge is 0.243 e. The lowest BCUT2D eigenvalue weighted by Gasteiger charge is -2.29. The number of nitrogens with zero attached hydrogens (tertiary/aromatic N) is 2. The SMILES string of the molecule is Cc1ccc(N([C@@H](C)C(=O)NCCCN2CCCCCC2)S(C)(=O)=O)cc1C. The van der Waals surface area contributed by atoms with Crippen LogP contribution < -0.4 is 9.62 Å². The van der Waals surface area contributed by atoms with Crippen molar-refractivity contribution in [2.45, 2.75) is 58.9 Å². The molecule has 1 aromatic rings. The topological polar surface area (TPSA) is 69.7 Å². The molecule has 0 radical (unpaired) electrons. The number of nitrogens with one attached hydrogen (secondary N) is 1. The van der Waals surface area contributed by atoms with Crippen LogP contribution in [0.2, 0.25) is 0 Å². The Bertz CT molecular complexity index is 756. The molecule has 0 bridgehead atoms. The maximum Gasteiger partial charge on any atom is 0.243 e. The summed E-state index contributed by atoms with van der Waals surface area (Å²) in [5.74, 6) is -0.264. The zero-order valence-corrected chi connectivity index (χ0v) is 18.5. The predicted molar refractivity (Wildman–Crippen MR) is 115 cm³/mol. The molecule has 1 saturated heterocycles. The zero-order valence-electron chi connectivity index (χ0n) is 17.7. The van der Waals surface area contributed by atoms with Gasteiger partial charge in [0.2, 0.25) is 15.9 Å². The van der Waals surface area contributed by atoms with Crippen LogP contribution in [0, 0.1) is 13.8 Å². The van der Waals surface area contributed by atoms with Crippen LogP contribution in [-0.2, 0) is 14.8 Å². The van der Waals surface area contributed by atoms with Crippen molar-refractivity contribution in [3.05, 3.63) is 29.3 Å². The van der Waals surface area contributed by atoms with E-state index in [1.807, 2.05) is 26.0 Å². The molecule has 1 aliphatic heterocycles. The fraction of sp³-hybridized carbons (Fsp3) is 0.667. The summed E-state index contributed by atoms with van der Waals surface area (Å²) in [6.07, 6.45) is 7.15. The Kier molecular flexibility index (Phi) is 8.31. The van der Waals surface area contributed by atoms with Gasteiger partial charge in [0.15, 0.2) is 0 Å². The highest BCUT2D eigenvalue weighted by atomic mass is 32.2. The number of hydrogen-bond acceptors (Lipinski definition) is 4. The summed E-state index contributed by atoms with van der Waals surface area (Å²) in [4.78, 5) is 15.1. The summed E-state index contributed by atoms with van der Waals surface area (Å²) in [5.41, 5.74) is 2.61. The molecule has 6 nitrogen and oxygen atoms in total. The molecule has 0 aromatic heterocycles. The number of amides is 1. The molecule has 1 aromatic carbocycles. The van der Waals surface area contributed by atoms with Crippen LogP contribution in [0.15, 0.2) is 18.2 Å². The molecule has 7 heteroatoms. The standard InChI is InChI=1S/C21H35N3O3S/c1-17-10-11-20(16-18(17)2)24(28(4,26)27)19(3)21(25)22-12-9-15-23-13-7-5-6-8-14-23/h10-11,16,19H,5-9,12-15H2,1-4H3,(H,22,25)/t19-/m0/s1. The van der Waals surface area contributed by atoms with E-state index in [1.54, 1.807) is 13.0 Å². The third kappa shape index (κ3) is 6.48. The van der Waals surface area contributed by atoms with Gasteiger partial charge in [0.05, 0.1) is 11.9 Å². The van der Waals surface area contributed by atoms with E-state index in [0.717, 1.165) is 43.4 Å². The third-order valence-corrected chi connectivity index (χ3v) is 6.72. The van der Waals surface area contributed by atoms with Crippen molar-refractivity contribution >= 4 is 21.6 Å². The number of rotatable bonds is 8. The number of hydrogen-bond donors (Lipinski definition) is 1. The highest BCUT2D eigenvalue weighted by molar-refractivity contribution is 7.92. The first kappa shape index (κ1) is 22.7. The maximum absolute atomic E-state index is 12.6. The fourth-order valence-corrected chi connectivity index (χ4v) is 4.86. The molecule has 28 heavy (non-hydrogen) atoms. The number of carbonyl (C=O) groups is 1. The average molecular weight is 410 g/mol. The van der Waals surface area contributed by atoms with E-state index < -0.39 is 16.1 Å². The fourth-order valence-electron chi connectivity index (χ4n) is 3.69. The van der Waals surface area contributed by atoms with Crippen molar-refractivity contribution < 1.29 is 13.2 Å². The molecule has 0 spiro atoms. The quantitative estimate of drug-likeness (QED) is 0.671. The van der Waals surface area contributed by atoms with E-state index in [2.05, 4.69) is 10.2 Å². The molecule has 158 valence electrons.